The Morgan fingerprint density at radius 3 is 2.94 bits per heavy atom. The molecular formula is C12H13ClFN3S. The molecule has 0 saturated heterocycles. The minimum absolute atomic E-state index is 0.172. The third-order valence-corrected chi connectivity index (χ3v) is 3.79. The van der Waals surface area contributed by atoms with E-state index in [0.717, 1.165) is 10.7 Å². The zero-order valence-corrected chi connectivity index (χ0v) is 11.4. The lowest BCUT2D eigenvalue weighted by Gasteiger charge is -2.14. The van der Waals surface area contributed by atoms with Crippen molar-refractivity contribution in [2.75, 3.05) is 0 Å². The van der Waals surface area contributed by atoms with Gasteiger partial charge in [0.05, 0.1) is 16.7 Å². The molecule has 0 spiro atoms. The van der Waals surface area contributed by atoms with E-state index in [9.17, 15) is 4.39 Å². The number of benzene rings is 1. The number of nitrogens with zero attached hydrogens (tertiary/aromatic N) is 1. The Balaban J connectivity index is 2.22. The zero-order valence-electron chi connectivity index (χ0n) is 9.78. The van der Waals surface area contributed by atoms with Crippen LogP contribution in [0.3, 0.4) is 0 Å². The van der Waals surface area contributed by atoms with E-state index in [4.69, 9.17) is 17.4 Å². The van der Waals surface area contributed by atoms with Crippen LogP contribution in [0.15, 0.2) is 23.6 Å². The second kappa shape index (κ2) is 5.75. The highest BCUT2D eigenvalue weighted by molar-refractivity contribution is 7.09. The van der Waals surface area contributed by atoms with Gasteiger partial charge in [0.1, 0.15) is 5.82 Å². The normalized spacial score (nSPS) is 12.7. The Morgan fingerprint density at radius 1 is 1.56 bits per heavy atom. The number of aromatic nitrogens is 1. The van der Waals surface area contributed by atoms with Gasteiger partial charge in [-0.15, -0.1) is 11.3 Å². The fraction of sp³-hybridized carbons (Fsp3) is 0.250. The summed E-state index contributed by atoms with van der Waals surface area (Å²) in [4.78, 5) is 4.37. The molecule has 1 atom stereocenters. The molecule has 0 aliphatic carbocycles. The number of hydrogen-bond acceptors (Lipinski definition) is 4. The first-order chi connectivity index (χ1) is 8.60. The first-order valence-corrected chi connectivity index (χ1v) is 6.68. The number of nitrogens with one attached hydrogen (secondary N) is 1. The highest BCUT2D eigenvalue weighted by atomic mass is 35.5. The molecule has 0 bridgehead atoms. The van der Waals surface area contributed by atoms with Gasteiger partial charge in [0, 0.05) is 10.4 Å². The number of rotatable bonds is 4. The average molecular weight is 286 g/mol. The van der Waals surface area contributed by atoms with Crippen LogP contribution in [0.25, 0.3) is 0 Å². The molecule has 3 N–H and O–H groups in total. The second-order valence-corrected chi connectivity index (χ2v) is 5.42. The molecule has 18 heavy (non-hydrogen) atoms. The van der Waals surface area contributed by atoms with E-state index < -0.39 is 0 Å². The molecule has 0 fully saturated rings. The molecule has 1 aromatic heterocycles. The van der Waals surface area contributed by atoms with Crippen LogP contribution in [0, 0.1) is 12.7 Å². The van der Waals surface area contributed by atoms with Gasteiger partial charge < -0.3 is 0 Å². The van der Waals surface area contributed by atoms with Gasteiger partial charge in [0.2, 0.25) is 0 Å². The lowest BCUT2D eigenvalue weighted by molar-refractivity contribution is 0.537. The molecule has 1 aromatic carbocycles. The van der Waals surface area contributed by atoms with Crippen LogP contribution < -0.4 is 11.3 Å². The van der Waals surface area contributed by atoms with Gasteiger partial charge in [0.15, 0.2) is 0 Å². The first-order valence-electron chi connectivity index (χ1n) is 5.42. The summed E-state index contributed by atoms with van der Waals surface area (Å²) in [6, 6.07) is 4.14. The Kier molecular flexibility index (Phi) is 4.29. The first kappa shape index (κ1) is 13.4. The van der Waals surface area contributed by atoms with Crippen LogP contribution in [-0.2, 0) is 6.42 Å². The monoisotopic (exact) mass is 285 g/mol. The Bertz CT molecular complexity index is 544. The Hall–Kier alpha value is -1.01. The Morgan fingerprint density at radius 2 is 2.33 bits per heavy atom. The van der Waals surface area contributed by atoms with E-state index in [1.165, 1.54) is 12.1 Å². The van der Waals surface area contributed by atoms with E-state index in [2.05, 4.69) is 10.4 Å². The van der Waals surface area contributed by atoms with Crippen molar-refractivity contribution in [3.05, 3.63) is 50.7 Å². The topological polar surface area (TPSA) is 50.9 Å². The summed E-state index contributed by atoms with van der Waals surface area (Å²) < 4.78 is 13.2. The maximum absolute atomic E-state index is 13.2. The van der Waals surface area contributed by atoms with Crippen LogP contribution in [0.4, 0.5) is 4.39 Å². The molecule has 0 radical (unpaired) electrons. The van der Waals surface area contributed by atoms with Crippen molar-refractivity contribution in [3.63, 3.8) is 0 Å². The van der Waals surface area contributed by atoms with Crippen molar-refractivity contribution in [2.45, 2.75) is 19.4 Å². The molecule has 0 saturated carbocycles. The Labute approximate surface area is 114 Å². The van der Waals surface area contributed by atoms with E-state index in [1.54, 1.807) is 17.4 Å². The van der Waals surface area contributed by atoms with Crippen molar-refractivity contribution in [1.29, 1.82) is 0 Å². The lowest BCUT2D eigenvalue weighted by Crippen LogP contribution is -2.30. The number of nitrogens with two attached hydrogens (primary N) is 1. The summed E-state index contributed by atoms with van der Waals surface area (Å²) >= 11 is 7.59. The highest BCUT2D eigenvalue weighted by Gasteiger charge is 2.15. The van der Waals surface area contributed by atoms with E-state index in [1.807, 2.05) is 12.3 Å². The maximum Gasteiger partial charge on any atom is 0.123 e. The van der Waals surface area contributed by atoms with E-state index in [-0.39, 0.29) is 11.9 Å². The summed E-state index contributed by atoms with van der Waals surface area (Å²) in [6.45, 7) is 1.93. The predicted molar refractivity (Wildman–Crippen MR) is 72.0 cm³/mol. The van der Waals surface area contributed by atoms with Crippen LogP contribution in [0.5, 0.6) is 0 Å². The molecule has 0 aliphatic rings. The average Bonchev–Trinajstić information content (AvgIpc) is 2.77. The highest BCUT2D eigenvalue weighted by Crippen LogP contribution is 2.24. The number of halogens is 2. The van der Waals surface area contributed by atoms with Gasteiger partial charge in [-0.1, -0.05) is 11.6 Å². The molecular weight excluding hydrogens is 273 g/mol. The number of hydrazine groups is 1. The molecule has 2 rings (SSSR count). The lowest BCUT2D eigenvalue weighted by atomic mass is 10.0. The van der Waals surface area contributed by atoms with Gasteiger partial charge >= 0.3 is 0 Å². The fourth-order valence-corrected chi connectivity index (χ4v) is 2.57. The minimum Gasteiger partial charge on any atom is -0.271 e. The van der Waals surface area contributed by atoms with Crippen LogP contribution in [0.2, 0.25) is 5.02 Å². The second-order valence-electron chi connectivity index (χ2n) is 3.95. The van der Waals surface area contributed by atoms with Gasteiger partial charge in [0.25, 0.3) is 0 Å². The minimum atomic E-state index is -0.306. The third-order valence-electron chi connectivity index (χ3n) is 2.63. The quantitative estimate of drug-likeness (QED) is 0.671. The molecule has 0 aliphatic heterocycles. The number of aryl methyl sites for hydroxylation is 1. The van der Waals surface area contributed by atoms with Crippen LogP contribution >= 0.6 is 22.9 Å². The third kappa shape index (κ3) is 3.05. The van der Waals surface area contributed by atoms with Crippen LogP contribution in [0.1, 0.15) is 22.3 Å². The molecule has 2 aromatic rings. The number of hydrogen-bond donors (Lipinski definition) is 2. The standard InChI is InChI=1S/C12H13ClFN3S/c1-7-16-12(6-18-7)11(17-15)5-8-4-9(14)2-3-10(8)13/h2-4,6,11,17H,5,15H2,1H3. The van der Waals surface area contributed by atoms with Crippen molar-refractivity contribution in [3.8, 4) is 0 Å². The molecule has 6 heteroatoms. The van der Waals surface area contributed by atoms with E-state index in [0.29, 0.717) is 17.0 Å². The predicted octanol–water partition coefficient (Wildman–Crippen LogP) is 2.99. The van der Waals surface area contributed by atoms with Crippen LogP contribution in [-0.4, -0.2) is 4.98 Å². The molecule has 1 unspecified atom stereocenters. The van der Waals surface area contributed by atoms with Crippen molar-refractivity contribution in [2.24, 2.45) is 5.84 Å². The summed E-state index contributed by atoms with van der Waals surface area (Å²) in [7, 11) is 0. The summed E-state index contributed by atoms with van der Waals surface area (Å²) in [6.07, 6.45) is 0.496. The van der Waals surface area contributed by atoms with Crippen molar-refractivity contribution in [1.82, 2.24) is 10.4 Å². The SMILES string of the molecule is Cc1nc(C(Cc2cc(F)ccc2Cl)NN)cs1. The van der Waals surface area contributed by atoms with Gasteiger partial charge in [-0.05, 0) is 37.1 Å². The molecule has 1 heterocycles. The zero-order chi connectivity index (χ0) is 13.1. The van der Waals surface area contributed by atoms with Gasteiger partial charge in [-0.3, -0.25) is 11.3 Å². The maximum atomic E-state index is 13.2. The van der Waals surface area contributed by atoms with E-state index >= 15 is 0 Å². The number of thiazole rings is 1. The fourth-order valence-electron chi connectivity index (χ4n) is 1.71. The molecule has 96 valence electrons. The molecule has 3 nitrogen and oxygen atoms in total. The summed E-state index contributed by atoms with van der Waals surface area (Å²) in [5.41, 5.74) is 4.25. The largest absolute Gasteiger partial charge is 0.271 e. The van der Waals surface area contributed by atoms with Crippen molar-refractivity contribution < 1.29 is 4.39 Å². The van der Waals surface area contributed by atoms with Gasteiger partial charge in [-0.2, -0.15) is 0 Å². The molecule has 0 amide bonds. The van der Waals surface area contributed by atoms with Crippen molar-refractivity contribution >= 4 is 22.9 Å². The van der Waals surface area contributed by atoms with Gasteiger partial charge in [-0.25, -0.2) is 9.37 Å². The summed E-state index contributed by atoms with van der Waals surface area (Å²) in [5, 5.41) is 3.44. The summed E-state index contributed by atoms with van der Waals surface area (Å²) in [5.74, 6) is 5.22. The smallest absolute Gasteiger partial charge is 0.123 e.